The van der Waals surface area contributed by atoms with Gasteiger partial charge in [-0.1, -0.05) is 30.1 Å². The van der Waals surface area contributed by atoms with Crippen molar-refractivity contribution in [3.8, 4) is 0 Å². The van der Waals surface area contributed by atoms with Gasteiger partial charge in [0.2, 0.25) is 0 Å². The molecule has 0 fully saturated rings. The molecule has 0 saturated heterocycles. The van der Waals surface area contributed by atoms with Gasteiger partial charge in [-0.25, -0.2) is 4.79 Å². The van der Waals surface area contributed by atoms with Gasteiger partial charge >= 0.3 is 5.97 Å². The Hall–Kier alpha value is -0.770. The van der Waals surface area contributed by atoms with Gasteiger partial charge in [0.1, 0.15) is 5.54 Å². The normalized spacial score (nSPS) is 13.9. The van der Waals surface area contributed by atoms with Crippen LogP contribution >= 0.6 is 23.2 Å². The fraction of sp³-hybridized carbons (Fsp3) is 0.500. The van der Waals surface area contributed by atoms with Gasteiger partial charge in [-0.05, 0) is 45.0 Å². The average molecular weight is 304 g/mol. The largest absolute Gasteiger partial charge is 0.464 e. The molecule has 1 unspecified atom stereocenters. The minimum absolute atomic E-state index is 0.320. The fourth-order valence-electron chi connectivity index (χ4n) is 1.81. The molecule has 0 saturated carbocycles. The molecule has 3 nitrogen and oxygen atoms in total. The highest BCUT2D eigenvalue weighted by atomic mass is 35.5. The van der Waals surface area contributed by atoms with E-state index in [0.29, 0.717) is 28.8 Å². The number of rotatable bonds is 6. The van der Waals surface area contributed by atoms with Gasteiger partial charge in [-0.2, -0.15) is 0 Å². The summed E-state index contributed by atoms with van der Waals surface area (Å²) in [6.07, 6.45) is 0.896. The molecule has 0 radical (unpaired) electrons. The van der Waals surface area contributed by atoms with Crippen LogP contribution in [0.15, 0.2) is 18.2 Å². The van der Waals surface area contributed by atoms with Crippen molar-refractivity contribution in [1.82, 2.24) is 5.32 Å². The van der Waals surface area contributed by atoms with Crippen LogP contribution in [-0.4, -0.2) is 19.1 Å². The molecule has 1 aromatic carbocycles. The summed E-state index contributed by atoms with van der Waals surface area (Å²) in [6.45, 7) is 6.56. The van der Waals surface area contributed by atoms with Crippen LogP contribution in [0.2, 0.25) is 10.0 Å². The summed E-state index contributed by atoms with van der Waals surface area (Å²) in [5, 5.41) is 4.22. The molecule has 1 atom stereocenters. The third-order valence-electron chi connectivity index (χ3n) is 2.88. The number of halogens is 2. The number of esters is 1. The zero-order valence-corrected chi connectivity index (χ0v) is 12.9. The molecule has 0 spiro atoms. The lowest BCUT2D eigenvalue weighted by Crippen LogP contribution is -2.48. The van der Waals surface area contributed by atoms with Gasteiger partial charge in [0.15, 0.2) is 0 Å². The third kappa shape index (κ3) is 3.85. The summed E-state index contributed by atoms with van der Waals surface area (Å²) in [5.74, 6) is -0.354. The Labute approximate surface area is 124 Å². The van der Waals surface area contributed by atoms with Crippen molar-refractivity contribution in [3.05, 3.63) is 33.8 Å². The minimum Gasteiger partial charge on any atom is -0.464 e. The van der Waals surface area contributed by atoms with Gasteiger partial charge in [0, 0.05) is 15.6 Å². The van der Waals surface area contributed by atoms with E-state index in [0.717, 1.165) is 6.42 Å². The van der Waals surface area contributed by atoms with Crippen LogP contribution in [0.5, 0.6) is 0 Å². The highest BCUT2D eigenvalue weighted by Crippen LogP contribution is 2.31. The highest BCUT2D eigenvalue weighted by molar-refractivity contribution is 6.33. The molecule has 0 bridgehead atoms. The van der Waals surface area contributed by atoms with E-state index in [1.54, 1.807) is 32.0 Å². The number of carbonyl (C=O) groups is 1. The molecule has 19 heavy (non-hydrogen) atoms. The van der Waals surface area contributed by atoms with E-state index < -0.39 is 5.54 Å². The molecule has 5 heteroatoms. The molecule has 1 N–H and O–H groups in total. The van der Waals surface area contributed by atoms with Gasteiger partial charge in [-0.15, -0.1) is 0 Å². The lowest BCUT2D eigenvalue weighted by atomic mass is 9.91. The quantitative estimate of drug-likeness (QED) is 0.813. The first-order valence-corrected chi connectivity index (χ1v) is 7.09. The Kier molecular flexibility index (Phi) is 6.11. The average Bonchev–Trinajstić information content (AvgIpc) is 2.39. The number of ether oxygens (including phenoxy) is 1. The molecule has 0 aliphatic carbocycles. The van der Waals surface area contributed by atoms with Crippen molar-refractivity contribution < 1.29 is 9.53 Å². The smallest absolute Gasteiger partial charge is 0.330 e. The summed E-state index contributed by atoms with van der Waals surface area (Å²) in [4.78, 5) is 12.2. The lowest BCUT2D eigenvalue weighted by Gasteiger charge is -2.30. The SMILES string of the molecule is CCCNC(C)(C(=O)OCC)c1cc(Cl)ccc1Cl. The second-order valence-electron chi connectivity index (χ2n) is 4.40. The first-order valence-electron chi connectivity index (χ1n) is 6.33. The first kappa shape index (κ1) is 16.3. The summed E-state index contributed by atoms with van der Waals surface area (Å²) in [6, 6.07) is 5.08. The summed E-state index contributed by atoms with van der Waals surface area (Å²) < 4.78 is 5.15. The van der Waals surface area contributed by atoms with Crippen molar-refractivity contribution in [2.75, 3.05) is 13.2 Å². The van der Waals surface area contributed by atoms with Crippen LogP contribution in [0.4, 0.5) is 0 Å². The van der Waals surface area contributed by atoms with E-state index in [9.17, 15) is 4.79 Å². The number of benzene rings is 1. The summed E-state index contributed by atoms with van der Waals surface area (Å²) >= 11 is 12.2. The highest BCUT2D eigenvalue weighted by Gasteiger charge is 2.37. The van der Waals surface area contributed by atoms with E-state index in [4.69, 9.17) is 27.9 Å². The van der Waals surface area contributed by atoms with Gasteiger partial charge < -0.3 is 4.74 Å². The Morgan fingerprint density at radius 3 is 2.63 bits per heavy atom. The van der Waals surface area contributed by atoms with Crippen LogP contribution in [0.1, 0.15) is 32.8 Å². The Balaban J connectivity index is 3.21. The first-order chi connectivity index (χ1) is 8.95. The molecule has 0 aliphatic rings. The molecule has 0 heterocycles. The number of hydrogen-bond acceptors (Lipinski definition) is 3. The second kappa shape index (κ2) is 7.13. The maximum Gasteiger partial charge on any atom is 0.330 e. The Morgan fingerprint density at radius 1 is 1.37 bits per heavy atom. The maximum absolute atomic E-state index is 12.2. The van der Waals surface area contributed by atoms with E-state index in [1.807, 2.05) is 6.92 Å². The van der Waals surface area contributed by atoms with Crippen LogP contribution in [-0.2, 0) is 15.1 Å². The third-order valence-corrected chi connectivity index (χ3v) is 3.44. The van der Waals surface area contributed by atoms with Crippen molar-refractivity contribution in [1.29, 1.82) is 0 Å². The molecular weight excluding hydrogens is 285 g/mol. The zero-order chi connectivity index (χ0) is 14.5. The fourth-order valence-corrected chi connectivity index (χ4v) is 2.29. The molecule has 106 valence electrons. The number of carbonyl (C=O) groups excluding carboxylic acids is 1. The monoisotopic (exact) mass is 303 g/mol. The molecule has 0 aliphatic heterocycles. The van der Waals surface area contributed by atoms with Crippen LogP contribution < -0.4 is 5.32 Å². The van der Waals surface area contributed by atoms with Crippen LogP contribution in [0.3, 0.4) is 0 Å². The molecule has 1 aromatic rings. The lowest BCUT2D eigenvalue weighted by molar-refractivity contribution is -0.151. The van der Waals surface area contributed by atoms with Crippen molar-refractivity contribution in [2.24, 2.45) is 0 Å². The van der Waals surface area contributed by atoms with Gasteiger partial charge in [0.25, 0.3) is 0 Å². The molecule has 0 aromatic heterocycles. The van der Waals surface area contributed by atoms with Crippen LogP contribution in [0, 0.1) is 0 Å². The number of nitrogens with one attached hydrogen (secondary N) is 1. The predicted octanol–water partition coefficient (Wildman–Crippen LogP) is 3.77. The second-order valence-corrected chi connectivity index (χ2v) is 5.24. The van der Waals surface area contributed by atoms with E-state index >= 15 is 0 Å². The Bertz CT molecular complexity index is 451. The van der Waals surface area contributed by atoms with Crippen LogP contribution in [0.25, 0.3) is 0 Å². The maximum atomic E-state index is 12.2. The minimum atomic E-state index is -0.992. The topological polar surface area (TPSA) is 38.3 Å². The summed E-state index contributed by atoms with van der Waals surface area (Å²) in [5.41, 5.74) is -0.359. The van der Waals surface area contributed by atoms with Gasteiger partial charge in [-0.3, -0.25) is 5.32 Å². The Morgan fingerprint density at radius 2 is 2.05 bits per heavy atom. The predicted molar refractivity (Wildman–Crippen MR) is 78.7 cm³/mol. The van der Waals surface area contributed by atoms with E-state index in [-0.39, 0.29) is 5.97 Å². The van der Waals surface area contributed by atoms with Crippen molar-refractivity contribution >= 4 is 29.2 Å². The van der Waals surface area contributed by atoms with Gasteiger partial charge in [0.05, 0.1) is 6.61 Å². The van der Waals surface area contributed by atoms with E-state index in [2.05, 4.69) is 5.32 Å². The molecular formula is C14H19Cl2NO2. The molecule has 1 rings (SSSR count). The number of hydrogen-bond donors (Lipinski definition) is 1. The summed E-state index contributed by atoms with van der Waals surface area (Å²) in [7, 11) is 0. The molecule has 0 amide bonds. The zero-order valence-electron chi connectivity index (χ0n) is 11.4. The standard InChI is InChI=1S/C14H19Cl2NO2/c1-4-8-17-14(3,13(18)19-5-2)11-9-10(15)6-7-12(11)16/h6-7,9,17H,4-5,8H2,1-3H3. The van der Waals surface area contributed by atoms with E-state index in [1.165, 1.54) is 0 Å². The van der Waals surface area contributed by atoms with Crippen molar-refractivity contribution in [3.63, 3.8) is 0 Å². The van der Waals surface area contributed by atoms with Crippen molar-refractivity contribution in [2.45, 2.75) is 32.7 Å².